The molecule has 3 N–H and O–H groups in total. The van der Waals surface area contributed by atoms with E-state index in [1.54, 1.807) is 18.2 Å². The molecule has 2 rings (SSSR count). The summed E-state index contributed by atoms with van der Waals surface area (Å²) in [6.07, 6.45) is 0.706. The van der Waals surface area contributed by atoms with Crippen molar-refractivity contribution in [2.24, 2.45) is 0 Å². The Morgan fingerprint density at radius 3 is 2.71 bits per heavy atom. The Labute approximate surface area is 97.4 Å². The summed E-state index contributed by atoms with van der Waals surface area (Å²) in [5.74, 6) is -0.186. The van der Waals surface area contributed by atoms with E-state index in [9.17, 15) is 9.90 Å². The first-order chi connectivity index (χ1) is 8.15. The number of aryl methyl sites for hydroxylation is 1. The maximum absolute atomic E-state index is 11.1. The summed E-state index contributed by atoms with van der Waals surface area (Å²) in [4.78, 5) is 15.9. The van der Waals surface area contributed by atoms with E-state index >= 15 is 0 Å². The Morgan fingerprint density at radius 1 is 1.41 bits per heavy atom. The number of rotatable bonds is 2. The van der Waals surface area contributed by atoms with Gasteiger partial charge in [-0.2, -0.15) is 5.26 Å². The number of nitrogens with zero attached hydrogens (tertiary/aromatic N) is 1. The Bertz CT molecular complexity index is 647. The molecular formula is C12H11N3O2. The summed E-state index contributed by atoms with van der Waals surface area (Å²) in [7, 11) is 0. The number of imidazole rings is 1. The van der Waals surface area contributed by atoms with Crippen LogP contribution in [0.2, 0.25) is 0 Å². The van der Waals surface area contributed by atoms with Gasteiger partial charge in [0.1, 0.15) is 5.69 Å². The quantitative estimate of drug-likeness (QED) is 0.728. The number of H-pyrrole nitrogens is 2. The van der Waals surface area contributed by atoms with Crippen LogP contribution in [-0.4, -0.2) is 15.1 Å². The van der Waals surface area contributed by atoms with Gasteiger partial charge in [-0.3, -0.25) is 4.98 Å². The van der Waals surface area contributed by atoms with E-state index in [1.807, 2.05) is 6.92 Å². The minimum absolute atomic E-state index is 0.186. The van der Waals surface area contributed by atoms with Crippen LogP contribution < -0.4 is 5.69 Å². The lowest BCUT2D eigenvalue weighted by Crippen LogP contribution is -2.00. The van der Waals surface area contributed by atoms with Crippen molar-refractivity contribution in [3.05, 3.63) is 39.8 Å². The second kappa shape index (κ2) is 4.18. The van der Waals surface area contributed by atoms with Crippen molar-refractivity contribution in [3.63, 3.8) is 0 Å². The van der Waals surface area contributed by atoms with Crippen molar-refractivity contribution in [2.75, 3.05) is 0 Å². The van der Waals surface area contributed by atoms with Crippen molar-refractivity contribution in [3.8, 4) is 23.2 Å². The van der Waals surface area contributed by atoms with Gasteiger partial charge in [0.15, 0.2) is 0 Å². The molecule has 0 bridgehead atoms. The Morgan fingerprint density at radius 2 is 2.18 bits per heavy atom. The molecule has 0 aliphatic heterocycles. The molecule has 0 amide bonds. The average Bonchev–Trinajstić information content (AvgIpc) is 2.67. The van der Waals surface area contributed by atoms with Crippen LogP contribution >= 0.6 is 0 Å². The van der Waals surface area contributed by atoms with E-state index in [4.69, 9.17) is 5.26 Å². The highest BCUT2D eigenvalue weighted by atomic mass is 16.3. The number of aromatic nitrogens is 2. The number of benzene rings is 1. The summed E-state index contributed by atoms with van der Waals surface area (Å²) >= 11 is 0. The maximum Gasteiger partial charge on any atom is 0.326 e. The molecule has 0 atom stereocenters. The van der Waals surface area contributed by atoms with E-state index in [1.165, 1.54) is 0 Å². The number of aromatic hydroxyl groups is 1. The van der Waals surface area contributed by atoms with Gasteiger partial charge in [-0.15, -0.1) is 0 Å². The van der Waals surface area contributed by atoms with Crippen molar-refractivity contribution in [2.45, 2.75) is 13.3 Å². The molecule has 17 heavy (non-hydrogen) atoms. The third-order valence-electron chi connectivity index (χ3n) is 2.59. The van der Waals surface area contributed by atoms with Crippen molar-refractivity contribution in [1.82, 2.24) is 9.97 Å². The van der Waals surface area contributed by atoms with Gasteiger partial charge in [0, 0.05) is 5.56 Å². The van der Waals surface area contributed by atoms with Crippen molar-refractivity contribution < 1.29 is 5.11 Å². The van der Waals surface area contributed by atoms with Gasteiger partial charge in [0.2, 0.25) is 5.88 Å². The highest BCUT2D eigenvalue weighted by molar-refractivity contribution is 5.68. The normalized spacial score (nSPS) is 10.1. The van der Waals surface area contributed by atoms with Gasteiger partial charge in [-0.25, -0.2) is 4.79 Å². The SMILES string of the molecule is CCc1cc(C#N)ccc1-c1[nH]c(=O)[nH]c1O. The van der Waals surface area contributed by atoms with Crippen LogP contribution in [0.5, 0.6) is 5.88 Å². The number of aromatic amines is 2. The number of nitriles is 1. The van der Waals surface area contributed by atoms with Crippen molar-refractivity contribution >= 4 is 0 Å². The molecular weight excluding hydrogens is 218 g/mol. The molecule has 0 radical (unpaired) electrons. The van der Waals surface area contributed by atoms with Crippen LogP contribution in [0.1, 0.15) is 18.1 Å². The zero-order valence-electron chi connectivity index (χ0n) is 9.24. The smallest absolute Gasteiger partial charge is 0.326 e. The lowest BCUT2D eigenvalue weighted by Gasteiger charge is -2.06. The van der Waals surface area contributed by atoms with Crippen LogP contribution in [0.15, 0.2) is 23.0 Å². The zero-order chi connectivity index (χ0) is 12.4. The average molecular weight is 229 g/mol. The van der Waals surface area contributed by atoms with Gasteiger partial charge in [-0.05, 0) is 24.1 Å². The first kappa shape index (κ1) is 11.0. The third kappa shape index (κ3) is 1.93. The van der Waals surface area contributed by atoms with Crippen LogP contribution in [0.25, 0.3) is 11.3 Å². The van der Waals surface area contributed by atoms with Gasteiger partial charge in [0.05, 0.1) is 11.6 Å². The zero-order valence-corrected chi connectivity index (χ0v) is 9.24. The molecule has 0 spiro atoms. The van der Waals surface area contributed by atoms with Gasteiger partial charge < -0.3 is 10.1 Å². The fourth-order valence-corrected chi connectivity index (χ4v) is 1.77. The summed E-state index contributed by atoms with van der Waals surface area (Å²) in [5.41, 5.74) is 2.08. The molecule has 0 aliphatic carbocycles. The predicted octanol–water partition coefficient (Wildman–Crippen LogP) is 1.51. The molecule has 0 aliphatic rings. The first-order valence-electron chi connectivity index (χ1n) is 5.20. The third-order valence-corrected chi connectivity index (χ3v) is 2.59. The molecule has 0 saturated carbocycles. The molecule has 1 aromatic carbocycles. The van der Waals surface area contributed by atoms with Crippen LogP contribution in [0.4, 0.5) is 0 Å². The fraction of sp³-hybridized carbons (Fsp3) is 0.167. The highest BCUT2D eigenvalue weighted by Gasteiger charge is 2.12. The monoisotopic (exact) mass is 229 g/mol. The van der Waals surface area contributed by atoms with Crippen LogP contribution in [0, 0.1) is 11.3 Å². The van der Waals surface area contributed by atoms with Gasteiger partial charge in [-0.1, -0.05) is 13.0 Å². The van der Waals surface area contributed by atoms with E-state index in [0.29, 0.717) is 17.7 Å². The van der Waals surface area contributed by atoms with E-state index in [-0.39, 0.29) is 5.88 Å². The number of hydrogen-bond acceptors (Lipinski definition) is 3. The standard InChI is InChI=1S/C12H11N3O2/c1-2-8-5-7(6-13)3-4-9(8)10-11(16)15-12(17)14-10/h3-5,16H,2H2,1H3,(H2,14,15,17). The van der Waals surface area contributed by atoms with Crippen molar-refractivity contribution in [1.29, 1.82) is 5.26 Å². The summed E-state index contributed by atoms with van der Waals surface area (Å²) in [6, 6.07) is 7.18. The largest absolute Gasteiger partial charge is 0.493 e. The van der Waals surface area contributed by atoms with Gasteiger partial charge >= 0.3 is 5.69 Å². The molecule has 0 fully saturated rings. The minimum atomic E-state index is -0.455. The molecule has 1 aromatic heterocycles. The molecule has 1 heterocycles. The minimum Gasteiger partial charge on any atom is -0.493 e. The number of nitrogens with one attached hydrogen (secondary N) is 2. The van der Waals surface area contributed by atoms with Gasteiger partial charge in [0.25, 0.3) is 0 Å². The second-order valence-corrected chi connectivity index (χ2v) is 3.64. The lowest BCUT2D eigenvalue weighted by atomic mass is 10.00. The maximum atomic E-state index is 11.1. The fourth-order valence-electron chi connectivity index (χ4n) is 1.77. The molecule has 0 saturated heterocycles. The molecule has 86 valence electrons. The molecule has 5 heteroatoms. The molecule has 0 unspecified atom stereocenters. The Balaban J connectivity index is 2.64. The topological polar surface area (TPSA) is 92.7 Å². The highest BCUT2D eigenvalue weighted by Crippen LogP contribution is 2.28. The number of hydrogen-bond donors (Lipinski definition) is 3. The summed E-state index contributed by atoms with van der Waals surface area (Å²) in [6.45, 7) is 1.95. The Hall–Kier alpha value is -2.48. The van der Waals surface area contributed by atoms with Crippen LogP contribution in [0.3, 0.4) is 0 Å². The molecule has 2 aromatic rings. The van der Waals surface area contributed by atoms with E-state index < -0.39 is 5.69 Å². The predicted molar refractivity (Wildman–Crippen MR) is 62.6 cm³/mol. The van der Waals surface area contributed by atoms with Crippen LogP contribution in [-0.2, 0) is 6.42 Å². The summed E-state index contributed by atoms with van der Waals surface area (Å²) < 4.78 is 0. The van der Waals surface area contributed by atoms with E-state index in [0.717, 1.165) is 11.1 Å². The first-order valence-corrected chi connectivity index (χ1v) is 5.20. The second-order valence-electron chi connectivity index (χ2n) is 3.64. The molecule has 5 nitrogen and oxygen atoms in total. The summed E-state index contributed by atoms with van der Waals surface area (Å²) in [5, 5.41) is 18.4. The Kier molecular flexibility index (Phi) is 2.71. The van der Waals surface area contributed by atoms with E-state index in [2.05, 4.69) is 16.0 Å². The lowest BCUT2D eigenvalue weighted by molar-refractivity contribution is 0.457.